The van der Waals surface area contributed by atoms with E-state index in [9.17, 15) is 8.42 Å². The van der Waals surface area contributed by atoms with Crippen LogP contribution in [0.1, 0.15) is 19.4 Å². The van der Waals surface area contributed by atoms with Crippen LogP contribution in [0.4, 0.5) is 0 Å². The lowest BCUT2D eigenvalue weighted by molar-refractivity contribution is 0.577. The maximum Gasteiger partial charge on any atom is 0.240 e. The average molecular weight is 293 g/mol. The Labute approximate surface area is 116 Å². The highest BCUT2D eigenvalue weighted by molar-refractivity contribution is 7.89. The van der Waals surface area contributed by atoms with Crippen LogP contribution in [-0.4, -0.2) is 28.1 Å². The van der Waals surface area contributed by atoms with Crippen molar-refractivity contribution in [3.63, 3.8) is 0 Å². The van der Waals surface area contributed by atoms with E-state index in [2.05, 4.69) is 10.0 Å². The molecule has 2 N–H and O–H groups in total. The summed E-state index contributed by atoms with van der Waals surface area (Å²) in [6.45, 7) is 5.91. The Bertz CT molecular complexity index is 432. The van der Waals surface area contributed by atoms with Crippen molar-refractivity contribution in [1.29, 1.82) is 0 Å². The summed E-state index contributed by atoms with van der Waals surface area (Å²) in [6, 6.07) is 6.99. The Morgan fingerprint density at radius 1 is 1.06 bits per heavy atom. The van der Waals surface area contributed by atoms with Crippen molar-refractivity contribution in [2.45, 2.75) is 25.2 Å². The van der Waals surface area contributed by atoms with Crippen molar-refractivity contribution in [3.05, 3.63) is 29.8 Å². The lowest BCUT2D eigenvalue weighted by Crippen LogP contribution is -2.31. The molecule has 0 saturated carbocycles. The largest absolute Gasteiger partial charge is 0.316 e. The second-order valence-electron chi connectivity index (χ2n) is 3.75. The molecule has 0 unspecified atom stereocenters. The molecule has 0 aliphatic carbocycles. The lowest BCUT2D eigenvalue weighted by atomic mass is 10.2. The Morgan fingerprint density at radius 3 is 2.17 bits per heavy atom. The van der Waals surface area contributed by atoms with E-state index in [-0.39, 0.29) is 12.4 Å². The molecule has 0 saturated heterocycles. The van der Waals surface area contributed by atoms with Gasteiger partial charge in [-0.15, -0.1) is 12.4 Å². The summed E-state index contributed by atoms with van der Waals surface area (Å²) in [6.07, 6.45) is 0.911. The SMILES string of the molecule is CCNCCNS(=O)(=O)c1ccc(CC)cc1.Cl. The zero-order valence-corrected chi connectivity index (χ0v) is 12.4. The van der Waals surface area contributed by atoms with Crippen LogP contribution in [0.3, 0.4) is 0 Å². The lowest BCUT2D eigenvalue weighted by Gasteiger charge is -2.07. The average Bonchev–Trinajstić information content (AvgIpc) is 2.35. The summed E-state index contributed by atoms with van der Waals surface area (Å²) >= 11 is 0. The van der Waals surface area contributed by atoms with Gasteiger partial charge in [0.2, 0.25) is 10.0 Å². The Kier molecular flexibility index (Phi) is 8.18. The summed E-state index contributed by atoms with van der Waals surface area (Å²) in [5.41, 5.74) is 1.14. The molecule has 0 bridgehead atoms. The van der Waals surface area contributed by atoms with Crippen molar-refractivity contribution in [2.75, 3.05) is 19.6 Å². The van der Waals surface area contributed by atoms with E-state index in [0.717, 1.165) is 18.5 Å². The van der Waals surface area contributed by atoms with Gasteiger partial charge in [0.05, 0.1) is 4.90 Å². The Hall–Kier alpha value is -0.620. The fraction of sp³-hybridized carbons (Fsp3) is 0.500. The van der Waals surface area contributed by atoms with E-state index in [0.29, 0.717) is 18.0 Å². The van der Waals surface area contributed by atoms with Gasteiger partial charge in [-0.05, 0) is 30.7 Å². The second kappa shape index (κ2) is 8.48. The fourth-order valence-electron chi connectivity index (χ4n) is 1.44. The number of likely N-dealkylation sites (N-methyl/N-ethyl adjacent to an activating group) is 1. The van der Waals surface area contributed by atoms with Crippen LogP contribution >= 0.6 is 12.4 Å². The second-order valence-corrected chi connectivity index (χ2v) is 5.52. The van der Waals surface area contributed by atoms with Gasteiger partial charge in [-0.25, -0.2) is 13.1 Å². The fourth-order valence-corrected chi connectivity index (χ4v) is 2.47. The summed E-state index contributed by atoms with van der Waals surface area (Å²) in [4.78, 5) is 0.325. The molecule has 0 fully saturated rings. The van der Waals surface area contributed by atoms with Crippen molar-refractivity contribution < 1.29 is 8.42 Å². The van der Waals surface area contributed by atoms with Crippen molar-refractivity contribution in [1.82, 2.24) is 10.0 Å². The normalized spacial score (nSPS) is 11.0. The molecule has 0 amide bonds. The molecule has 1 aromatic carbocycles. The predicted molar refractivity (Wildman–Crippen MR) is 76.8 cm³/mol. The van der Waals surface area contributed by atoms with Gasteiger partial charge in [-0.2, -0.15) is 0 Å². The third-order valence-electron chi connectivity index (χ3n) is 2.49. The van der Waals surface area contributed by atoms with Crippen molar-refractivity contribution in [2.24, 2.45) is 0 Å². The first-order valence-electron chi connectivity index (χ1n) is 5.89. The maximum atomic E-state index is 11.9. The first-order chi connectivity index (χ1) is 8.10. The summed E-state index contributed by atoms with van der Waals surface area (Å²) in [5.74, 6) is 0. The van der Waals surface area contributed by atoms with Gasteiger partial charge in [0, 0.05) is 13.1 Å². The van der Waals surface area contributed by atoms with Gasteiger partial charge in [0.1, 0.15) is 0 Å². The Morgan fingerprint density at radius 2 is 1.67 bits per heavy atom. The van der Waals surface area contributed by atoms with Gasteiger partial charge in [-0.3, -0.25) is 0 Å². The molecule has 0 heterocycles. The zero-order valence-electron chi connectivity index (χ0n) is 10.8. The molecule has 104 valence electrons. The molecular weight excluding hydrogens is 272 g/mol. The standard InChI is InChI=1S/C12H20N2O2S.ClH/c1-3-11-5-7-12(8-6-11)17(15,16)14-10-9-13-4-2;/h5-8,13-14H,3-4,9-10H2,1-2H3;1H. The van der Waals surface area contributed by atoms with E-state index in [1.807, 2.05) is 26.0 Å². The summed E-state index contributed by atoms with van der Waals surface area (Å²) < 4.78 is 26.3. The number of benzene rings is 1. The summed E-state index contributed by atoms with van der Waals surface area (Å²) in [5, 5.41) is 3.06. The van der Waals surface area contributed by atoms with Crippen LogP contribution in [-0.2, 0) is 16.4 Å². The van der Waals surface area contributed by atoms with Crippen LogP contribution in [0, 0.1) is 0 Å². The van der Waals surface area contributed by atoms with Crippen LogP contribution in [0.15, 0.2) is 29.2 Å². The van der Waals surface area contributed by atoms with E-state index in [4.69, 9.17) is 0 Å². The predicted octanol–water partition coefficient (Wildman–Crippen LogP) is 1.56. The van der Waals surface area contributed by atoms with E-state index < -0.39 is 10.0 Å². The minimum absolute atomic E-state index is 0. The molecule has 0 aliphatic heterocycles. The molecule has 1 rings (SSSR count). The van der Waals surface area contributed by atoms with Gasteiger partial charge in [0.25, 0.3) is 0 Å². The highest BCUT2D eigenvalue weighted by Crippen LogP contribution is 2.10. The van der Waals surface area contributed by atoms with Gasteiger partial charge in [0.15, 0.2) is 0 Å². The Balaban J connectivity index is 0.00000289. The van der Waals surface area contributed by atoms with Crippen LogP contribution < -0.4 is 10.0 Å². The number of hydrogen-bond acceptors (Lipinski definition) is 3. The third-order valence-corrected chi connectivity index (χ3v) is 3.96. The van der Waals surface area contributed by atoms with Gasteiger partial charge < -0.3 is 5.32 Å². The molecule has 0 aliphatic rings. The number of rotatable bonds is 7. The monoisotopic (exact) mass is 292 g/mol. The minimum Gasteiger partial charge on any atom is -0.316 e. The maximum absolute atomic E-state index is 11.9. The highest BCUT2D eigenvalue weighted by atomic mass is 35.5. The number of aryl methyl sites for hydroxylation is 1. The molecule has 0 atom stereocenters. The minimum atomic E-state index is -3.36. The molecule has 1 aromatic rings. The quantitative estimate of drug-likeness (QED) is 0.750. The van der Waals surface area contributed by atoms with E-state index in [1.165, 1.54) is 0 Å². The molecule has 0 radical (unpaired) electrons. The van der Waals surface area contributed by atoms with Crippen LogP contribution in [0.2, 0.25) is 0 Å². The highest BCUT2D eigenvalue weighted by Gasteiger charge is 2.12. The molecule has 0 aromatic heterocycles. The molecule has 4 nitrogen and oxygen atoms in total. The van der Waals surface area contributed by atoms with Gasteiger partial charge in [-0.1, -0.05) is 26.0 Å². The van der Waals surface area contributed by atoms with E-state index in [1.54, 1.807) is 12.1 Å². The van der Waals surface area contributed by atoms with Crippen molar-refractivity contribution >= 4 is 22.4 Å². The zero-order chi connectivity index (χ0) is 12.7. The van der Waals surface area contributed by atoms with Gasteiger partial charge >= 0.3 is 0 Å². The molecule has 6 heteroatoms. The van der Waals surface area contributed by atoms with Crippen molar-refractivity contribution in [3.8, 4) is 0 Å². The molecular formula is C12H21ClN2O2S. The first kappa shape index (κ1) is 17.4. The van der Waals surface area contributed by atoms with Crippen LogP contribution in [0.25, 0.3) is 0 Å². The smallest absolute Gasteiger partial charge is 0.240 e. The molecule has 0 spiro atoms. The van der Waals surface area contributed by atoms with E-state index >= 15 is 0 Å². The number of sulfonamides is 1. The number of halogens is 1. The molecule has 18 heavy (non-hydrogen) atoms. The number of hydrogen-bond donors (Lipinski definition) is 2. The summed E-state index contributed by atoms with van der Waals surface area (Å²) in [7, 11) is -3.36. The first-order valence-corrected chi connectivity index (χ1v) is 7.37. The van der Waals surface area contributed by atoms with Crippen LogP contribution in [0.5, 0.6) is 0 Å². The third kappa shape index (κ3) is 5.35. The topological polar surface area (TPSA) is 58.2 Å². The number of nitrogens with one attached hydrogen (secondary N) is 2.